The highest BCUT2D eigenvalue weighted by molar-refractivity contribution is 5.85. The Hall–Kier alpha value is -1.86. The van der Waals surface area contributed by atoms with E-state index in [-0.39, 0.29) is 36.6 Å². The summed E-state index contributed by atoms with van der Waals surface area (Å²) >= 11 is 0. The number of para-hydroxylation sites is 2. The maximum Gasteiger partial charge on any atom is 0.292 e. The standard InChI is InChI=1S/C15H24N4O3.ClH/c1-11(2)8-12(9-16)17-15(20)10-18(3)13-6-4-5-7-14(13)19(21)22;/h4-7,11-12H,8-10,16H2,1-3H3,(H,17,20);1H. The zero-order valence-electron chi connectivity index (χ0n) is 13.7. The van der Waals surface area contributed by atoms with Crippen LogP contribution in [0.2, 0.25) is 0 Å². The molecule has 0 bridgehead atoms. The normalized spacial score (nSPS) is 11.5. The van der Waals surface area contributed by atoms with Crippen molar-refractivity contribution in [1.82, 2.24) is 5.32 Å². The lowest BCUT2D eigenvalue weighted by atomic mass is 10.0. The molecule has 0 aliphatic rings. The van der Waals surface area contributed by atoms with Crippen LogP contribution >= 0.6 is 12.4 Å². The number of benzene rings is 1. The molecule has 1 atom stereocenters. The number of halogens is 1. The van der Waals surface area contributed by atoms with E-state index in [9.17, 15) is 14.9 Å². The number of amides is 1. The quantitative estimate of drug-likeness (QED) is 0.554. The van der Waals surface area contributed by atoms with Crippen molar-refractivity contribution in [2.45, 2.75) is 26.3 Å². The minimum Gasteiger partial charge on any atom is -0.360 e. The number of carbonyl (C=O) groups excluding carboxylic acids is 1. The molecule has 1 aromatic rings. The lowest BCUT2D eigenvalue weighted by Gasteiger charge is -2.22. The molecule has 0 saturated heterocycles. The SMILES string of the molecule is CC(C)CC(CN)NC(=O)CN(C)c1ccccc1[N+](=O)[O-].Cl. The number of nitro benzene ring substituents is 1. The van der Waals surface area contributed by atoms with Crippen LogP contribution in [0.15, 0.2) is 24.3 Å². The first kappa shape index (κ1) is 21.1. The van der Waals surface area contributed by atoms with Crippen molar-refractivity contribution in [2.24, 2.45) is 11.7 Å². The fraction of sp³-hybridized carbons (Fsp3) is 0.533. The van der Waals surface area contributed by atoms with Gasteiger partial charge in [-0.15, -0.1) is 12.4 Å². The van der Waals surface area contributed by atoms with Gasteiger partial charge in [-0.1, -0.05) is 26.0 Å². The highest BCUT2D eigenvalue weighted by Gasteiger charge is 2.19. The monoisotopic (exact) mass is 344 g/mol. The molecule has 8 heteroatoms. The van der Waals surface area contributed by atoms with Crippen molar-refractivity contribution in [3.8, 4) is 0 Å². The number of rotatable bonds is 8. The first-order valence-corrected chi connectivity index (χ1v) is 7.29. The number of nitrogens with one attached hydrogen (secondary N) is 1. The Labute approximate surface area is 142 Å². The van der Waals surface area contributed by atoms with Gasteiger partial charge in [0.15, 0.2) is 0 Å². The Morgan fingerprint density at radius 3 is 2.52 bits per heavy atom. The van der Waals surface area contributed by atoms with E-state index in [1.54, 1.807) is 30.1 Å². The van der Waals surface area contributed by atoms with Gasteiger partial charge >= 0.3 is 0 Å². The van der Waals surface area contributed by atoms with Gasteiger partial charge in [0, 0.05) is 25.7 Å². The molecule has 0 spiro atoms. The van der Waals surface area contributed by atoms with E-state index in [1.807, 2.05) is 0 Å². The lowest BCUT2D eigenvalue weighted by Crippen LogP contribution is -2.45. The van der Waals surface area contributed by atoms with E-state index in [2.05, 4.69) is 19.2 Å². The van der Waals surface area contributed by atoms with Crippen LogP contribution in [0.4, 0.5) is 11.4 Å². The van der Waals surface area contributed by atoms with Crippen LogP contribution in [-0.2, 0) is 4.79 Å². The van der Waals surface area contributed by atoms with E-state index < -0.39 is 4.92 Å². The van der Waals surface area contributed by atoms with Gasteiger partial charge in [0.05, 0.1) is 11.5 Å². The predicted molar refractivity (Wildman–Crippen MR) is 94.1 cm³/mol. The number of nitro groups is 1. The van der Waals surface area contributed by atoms with Crippen molar-refractivity contribution in [3.05, 3.63) is 34.4 Å². The summed E-state index contributed by atoms with van der Waals surface area (Å²) in [6, 6.07) is 6.28. The Balaban J connectivity index is 0.00000484. The minimum atomic E-state index is -0.453. The molecule has 23 heavy (non-hydrogen) atoms. The van der Waals surface area contributed by atoms with Crippen LogP contribution in [-0.4, -0.2) is 37.0 Å². The Morgan fingerprint density at radius 2 is 2.00 bits per heavy atom. The number of carbonyl (C=O) groups is 1. The zero-order chi connectivity index (χ0) is 16.7. The molecule has 1 rings (SSSR count). The summed E-state index contributed by atoms with van der Waals surface area (Å²) in [4.78, 5) is 24.2. The lowest BCUT2D eigenvalue weighted by molar-refractivity contribution is -0.384. The fourth-order valence-corrected chi connectivity index (χ4v) is 2.30. The highest BCUT2D eigenvalue weighted by Crippen LogP contribution is 2.26. The topological polar surface area (TPSA) is 102 Å². The number of likely N-dealkylation sites (N-methyl/N-ethyl adjacent to an activating group) is 1. The third kappa shape index (κ3) is 6.83. The molecular weight excluding hydrogens is 320 g/mol. The maximum absolute atomic E-state index is 12.1. The molecule has 0 fully saturated rings. The molecule has 0 aliphatic carbocycles. The molecule has 0 aromatic heterocycles. The van der Waals surface area contributed by atoms with Crippen LogP contribution in [0, 0.1) is 16.0 Å². The zero-order valence-corrected chi connectivity index (χ0v) is 14.5. The average Bonchev–Trinajstić information content (AvgIpc) is 2.45. The molecule has 0 heterocycles. The van der Waals surface area contributed by atoms with Crippen molar-refractivity contribution >= 4 is 29.7 Å². The number of hydrogen-bond donors (Lipinski definition) is 2. The first-order chi connectivity index (χ1) is 10.3. The second-order valence-electron chi connectivity index (χ2n) is 5.73. The Morgan fingerprint density at radius 1 is 1.39 bits per heavy atom. The van der Waals surface area contributed by atoms with Crippen LogP contribution < -0.4 is 16.0 Å². The van der Waals surface area contributed by atoms with Crippen molar-refractivity contribution in [2.75, 3.05) is 25.0 Å². The highest BCUT2D eigenvalue weighted by atomic mass is 35.5. The van der Waals surface area contributed by atoms with E-state index in [0.29, 0.717) is 18.2 Å². The maximum atomic E-state index is 12.1. The van der Waals surface area contributed by atoms with Crippen LogP contribution in [0.25, 0.3) is 0 Å². The summed E-state index contributed by atoms with van der Waals surface area (Å²) in [6.45, 7) is 4.54. The molecule has 130 valence electrons. The summed E-state index contributed by atoms with van der Waals surface area (Å²) in [7, 11) is 1.65. The van der Waals surface area contributed by atoms with E-state index in [0.717, 1.165) is 6.42 Å². The smallest absolute Gasteiger partial charge is 0.292 e. The molecular formula is C15H25ClN4O3. The Kier molecular flexibility index (Phi) is 9.21. The number of anilines is 1. The number of nitrogens with two attached hydrogens (primary N) is 1. The van der Waals surface area contributed by atoms with E-state index >= 15 is 0 Å². The predicted octanol–water partition coefficient (Wildman–Crippen LogP) is 1.94. The number of hydrogen-bond acceptors (Lipinski definition) is 5. The molecule has 1 unspecified atom stereocenters. The molecule has 0 saturated carbocycles. The van der Waals surface area contributed by atoms with E-state index in [1.165, 1.54) is 6.07 Å². The van der Waals surface area contributed by atoms with Gasteiger partial charge in [-0.25, -0.2) is 0 Å². The van der Waals surface area contributed by atoms with Crippen molar-refractivity contribution < 1.29 is 9.72 Å². The van der Waals surface area contributed by atoms with Crippen LogP contribution in [0.3, 0.4) is 0 Å². The van der Waals surface area contributed by atoms with Gasteiger partial charge in [0.25, 0.3) is 5.69 Å². The van der Waals surface area contributed by atoms with Gasteiger partial charge in [0.1, 0.15) is 5.69 Å². The minimum absolute atomic E-state index is 0. The second-order valence-corrected chi connectivity index (χ2v) is 5.73. The largest absolute Gasteiger partial charge is 0.360 e. The van der Waals surface area contributed by atoms with Gasteiger partial charge < -0.3 is 16.0 Å². The van der Waals surface area contributed by atoms with Crippen molar-refractivity contribution in [3.63, 3.8) is 0 Å². The van der Waals surface area contributed by atoms with Gasteiger partial charge in [-0.2, -0.15) is 0 Å². The summed E-state index contributed by atoms with van der Waals surface area (Å²) in [5.41, 5.74) is 6.05. The third-order valence-electron chi connectivity index (χ3n) is 3.28. The summed E-state index contributed by atoms with van der Waals surface area (Å²) in [5, 5.41) is 13.9. The van der Waals surface area contributed by atoms with Gasteiger partial charge in [-0.3, -0.25) is 14.9 Å². The average molecular weight is 345 g/mol. The molecule has 0 aliphatic heterocycles. The third-order valence-corrected chi connectivity index (χ3v) is 3.28. The Bertz CT molecular complexity index is 525. The second kappa shape index (κ2) is 10.0. The van der Waals surface area contributed by atoms with Crippen LogP contribution in [0.5, 0.6) is 0 Å². The summed E-state index contributed by atoms with van der Waals surface area (Å²) < 4.78 is 0. The number of nitrogens with zero attached hydrogens (tertiary/aromatic N) is 2. The molecule has 1 amide bonds. The summed E-state index contributed by atoms with van der Waals surface area (Å²) in [5.74, 6) is 0.235. The van der Waals surface area contributed by atoms with Gasteiger partial charge in [0.2, 0.25) is 5.91 Å². The summed E-state index contributed by atoms with van der Waals surface area (Å²) in [6.07, 6.45) is 0.803. The first-order valence-electron chi connectivity index (χ1n) is 7.29. The van der Waals surface area contributed by atoms with E-state index in [4.69, 9.17) is 5.73 Å². The van der Waals surface area contributed by atoms with Crippen molar-refractivity contribution in [1.29, 1.82) is 0 Å². The molecule has 3 N–H and O–H groups in total. The molecule has 1 aromatic carbocycles. The van der Waals surface area contributed by atoms with Gasteiger partial charge in [-0.05, 0) is 18.4 Å². The molecule has 7 nitrogen and oxygen atoms in total. The van der Waals surface area contributed by atoms with Crippen LogP contribution in [0.1, 0.15) is 20.3 Å². The molecule has 0 radical (unpaired) electrons. The fourth-order valence-electron chi connectivity index (χ4n) is 2.30.